The minimum Gasteiger partial charge on any atom is -0.357 e. The maximum atomic E-state index is 13.6. The Bertz CT molecular complexity index is 670. The van der Waals surface area contributed by atoms with Crippen molar-refractivity contribution in [1.29, 1.82) is 0 Å². The third-order valence-corrected chi connectivity index (χ3v) is 3.45. The number of nitrogens with one attached hydrogen (secondary N) is 2. The van der Waals surface area contributed by atoms with E-state index in [2.05, 4.69) is 25.8 Å². The molecule has 0 saturated heterocycles. The molecule has 0 atom stereocenters. The smallest absolute Gasteiger partial charge is 0.191 e. The molecule has 2 rings (SSSR count). The number of benzene rings is 1. The molecule has 24 heavy (non-hydrogen) atoms. The number of aliphatic imine (C=N–C) groups is 1. The molecule has 0 aliphatic heterocycles. The lowest BCUT2D eigenvalue weighted by atomic mass is 10.1. The highest BCUT2D eigenvalue weighted by Crippen LogP contribution is 2.10. The first-order valence-corrected chi connectivity index (χ1v) is 7.78. The molecule has 8 heteroatoms. The molecule has 0 spiro atoms. The number of guanidine groups is 1. The van der Waals surface area contributed by atoms with Crippen molar-refractivity contribution in [2.24, 2.45) is 4.99 Å². The normalized spacial score (nSPS) is 11.1. The van der Waals surface area contributed by atoms with Gasteiger partial charge in [0.2, 0.25) is 0 Å². The first-order valence-electron chi connectivity index (χ1n) is 7.78. The maximum absolute atomic E-state index is 13.6. The molecular weight excluding hydrogens is 422 g/mol. The number of rotatable bonds is 6. The molecule has 6 nitrogen and oxygen atoms in total. The Kier molecular flexibility index (Phi) is 8.66. The van der Waals surface area contributed by atoms with Gasteiger partial charge in [0.25, 0.3) is 0 Å². The van der Waals surface area contributed by atoms with Gasteiger partial charge in [0.05, 0.1) is 13.1 Å². The number of nitrogens with zero attached hydrogens (tertiary/aromatic N) is 4. The Morgan fingerprint density at radius 2 is 2.08 bits per heavy atom. The van der Waals surface area contributed by atoms with E-state index in [9.17, 15) is 4.39 Å². The van der Waals surface area contributed by atoms with Gasteiger partial charge in [-0.2, -0.15) is 0 Å². The first kappa shape index (κ1) is 20.3. The molecule has 0 aliphatic rings. The Morgan fingerprint density at radius 3 is 2.75 bits per heavy atom. The summed E-state index contributed by atoms with van der Waals surface area (Å²) < 4.78 is 15.5. The minimum absolute atomic E-state index is 0. The van der Waals surface area contributed by atoms with Gasteiger partial charge in [0, 0.05) is 13.1 Å². The quantitative estimate of drug-likeness (QED) is 0.407. The third-order valence-electron chi connectivity index (χ3n) is 3.45. The van der Waals surface area contributed by atoms with Crippen molar-refractivity contribution < 1.29 is 4.39 Å². The summed E-state index contributed by atoms with van der Waals surface area (Å²) in [5.74, 6) is 1.31. The van der Waals surface area contributed by atoms with Crippen molar-refractivity contribution in [3.63, 3.8) is 0 Å². The number of aromatic nitrogens is 3. The first-order chi connectivity index (χ1) is 11.1. The summed E-state index contributed by atoms with van der Waals surface area (Å²) in [5.41, 5.74) is 1.48. The lowest BCUT2D eigenvalue weighted by Gasteiger charge is -2.11. The second-order valence-corrected chi connectivity index (χ2v) is 5.17. The van der Waals surface area contributed by atoms with Gasteiger partial charge >= 0.3 is 0 Å². The summed E-state index contributed by atoms with van der Waals surface area (Å²) in [6.45, 7) is 8.29. The zero-order chi connectivity index (χ0) is 16.7. The molecule has 0 aliphatic carbocycles. The van der Waals surface area contributed by atoms with Crippen molar-refractivity contribution in [2.75, 3.05) is 6.54 Å². The second-order valence-electron chi connectivity index (χ2n) is 5.17. The van der Waals surface area contributed by atoms with E-state index in [1.165, 1.54) is 6.07 Å². The van der Waals surface area contributed by atoms with Gasteiger partial charge in [-0.3, -0.25) is 0 Å². The molecule has 0 radical (unpaired) electrons. The van der Waals surface area contributed by atoms with Crippen LogP contribution in [-0.4, -0.2) is 27.3 Å². The summed E-state index contributed by atoms with van der Waals surface area (Å²) >= 11 is 0. The van der Waals surface area contributed by atoms with E-state index in [0.29, 0.717) is 24.6 Å². The highest BCUT2D eigenvalue weighted by Gasteiger charge is 2.05. The Balaban J connectivity index is 0.00000288. The number of hydrogen-bond donors (Lipinski definition) is 2. The van der Waals surface area contributed by atoms with Crippen LogP contribution in [0.25, 0.3) is 0 Å². The molecule has 2 aromatic rings. The van der Waals surface area contributed by atoms with E-state index in [0.717, 1.165) is 24.5 Å². The zero-order valence-corrected chi connectivity index (χ0v) is 16.5. The molecule has 1 aromatic heterocycles. The molecule has 0 unspecified atom stereocenters. The van der Waals surface area contributed by atoms with Crippen molar-refractivity contribution in [3.8, 4) is 0 Å². The van der Waals surface area contributed by atoms with Crippen LogP contribution in [0, 0.1) is 12.7 Å². The van der Waals surface area contributed by atoms with Gasteiger partial charge in [-0.05, 0) is 38.0 Å². The van der Waals surface area contributed by atoms with E-state index in [1.807, 2.05) is 24.5 Å². The Labute approximate surface area is 159 Å². The SMILES string of the molecule is CCNC(=NCc1ccc(C)c(F)c1)NCc1nncn1CC.I. The number of aryl methyl sites for hydroxylation is 2. The molecule has 0 amide bonds. The van der Waals surface area contributed by atoms with Crippen LogP contribution in [0.2, 0.25) is 0 Å². The summed E-state index contributed by atoms with van der Waals surface area (Å²) in [6, 6.07) is 5.18. The number of halogens is 2. The van der Waals surface area contributed by atoms with Gasteiger partial charge in [-0.25, -0.2) is 9.38 Å². The average Bonchev–Trinajstić information content (AvgIpc) is 3.00. The van der Waals surface area contributed by atoms with Gasteiger partial charge in [-0.15, -0.1) is 34.2 Å². The highest BCUT2D eigenvalue weighted by molar-refractivity contribution is 14.0. The van der Waals surface area contributed by atoms with Crippen LogP contribution in [0.5, 0.6) is 0 Å². The lowest BCUT2D eigenvalue weighted by molar-refractivity contribution is 0.616. The van der Waals surface area contributed by atoms with Crippen LogP contribution in [-0.2, 0) is 19.6 Å². The average molecular weight is 446 g/mol. The van der Waals surface area contributed by atoms with Crippen molar-refractivity contribution in [1.82, 2.24) is 25.4 Å². The Morgan fingerprint density at radius 1 is 1.29 bits per heavy atom. The maximum Gasteiger partial charge on any atom is 0.191 e. The van der Waals surface area contributed by atoms with Gasteiger partial charge in [-0.1, -0.05) is 12.1 Å². The highest BCUT2D eigenvalue weighted by atomic mass is 127. The van der Waals surface area contributed by atoms with Crippen molar-refractivity contribution >= 4 is 29.9 Å². The molecule has 0 saturated carbocycles. The summed E-state index contributed by atoms with van der Waals surface area (Å²) in [5, 5.41) is 14.4. The summed E-state index contributed by atoms with van der Waals surface area (Å²) in [7, 11) is 0. The molecule has 132 valence electrons. The van der Waals surface area contributed by atoms with E-state index < -0.39 is 0 Å². The van der Waals surface area contributed by atoms with Crippen LogP contribution in [0.4, 0.5) is 4.39 Å². The fourth-order valence-corrected chi connectivity index (χ4v) is 2.09. The molecule has 1 heterocycles. The van der Waals surface area contributed by atoms with Crippen LogP contribution < -0.4 is 10.6 Å². The predicted molar refractivity (Wildman–Crippen MR) is 104 cm³/mol. The van der Waals surface area contributed by atoms with E-state index in [1.54, 1.807) is 19.3 Å². The minimum atomic E-state index is -0.202. The van der Waals surface area contributed by atoms with E-state index in [-0.39, 0.29) is 29.8 Å². The van der Waals surface area contributed by atoms with Crippen LogP contribution in [0.1, 0.15) is 30.8 Å². The predicted octanol–water partition coefficient (Wildman–Crippen LogP) is 2.62. The monoisotopic (exact) mass is 446 g/mol. The summed E-state index contributed by atoms with van der Waals surface area (Å²) in [6.07, 6.45) is 1.70. The van der Waals surface area contributed by atoms with Crippen molar-refractivity contribution in [3.05, 3.63) is 47.3 Å². The van der Waals surface area contributed by atoms with Gasteiger partial charge in [0.15, 0.2) is 11.8 Å². The fraction of sp³-hybridized carbons (Fsp3) is 0.438. The topological polar surface area (TPSA) is 67.1 Å². The Hall–Kier alpha value is -1.71. The van der Waals surface area contributed by atoms with E-state index >= 15 is 0 Å². The molecule has 0 bridgehead atoms. The largest absolute Gasteiger partial charge is 0.357 e. The fourth-order valence-electron chi connectivity index (χ4n) is 2.09. The zero-order valence-electron chi connectivity index (χ0n) is 14.2. The van der Waals surface area contributed by atoms with Gasteiger partial charge in [0.1, 0.15) is 12.1 Å². The molecule has 1 aromatic carbocycles. The summed E-state index contributed by atoms with van der Waals surface area (Å²) in [4.78, 5) is 4.48. The van der Waals surface area contributed by atoms with Crippen molar-refractivity contribution in [2.45, 2.75) is 40.4 Å². The lowest BCUT2D eigenvalue weighted by Crippen LogP contribution is -2.37. The standard InChI is InChI=1S/C16H23FN6.HI/c1-4-18-16(20-10-15-22-21-11-23(15)5-2)19-9-13-7-6-12(3)14(17)8-13;/h6-8,11H,4-5,9-10H2,1-3H3,(H2,18,19,20);1H. The van der Waals surface area contributed by atoms with E-state index in [4.69, 9.17) is 0 Å². The second kappa shape index (κ2) is 10.2. The molecule has 2 N–H and O–H groups in total. The van der Waals surface area contributed by atoms with Gasteiger partial charge < -0.3 is 15.2 Å². The van der Waals surface area contributed by atoms with Crippen LogP contribution in [0.15, 0.2) is 29.5 Å². The molecule has 0 fully saturated rings. The third kappa shape index (κ3) is 5.73. The van der Waals surface area contributed by atoms with Crippen LogP contribution >= 0.6 is 24.0 Å². The van der Waals surface area contributed by atoms with Crippen LogP contribution in [0.3, 0.4) is 0 Å². The molecular formula is C16H24FIN6. The number of hydrogen-bond acceptors (Lipinski definition) is 3.